The van der Waals surface area contributed by atoms with Gasteiger partial charge in [0.2, 0.25) is 0 Å². The zero-order valence-electron chi connectivity index (χ0n) is 19.0. The van der Waals surface area contributed by atoms with Gasteiger partial charge in [-0.25, -0.2) is 5.43 Å². The van der Waals surface area contributed by atoms with Crippen LogP contribution in [0.3, 0.4) is 0 Å². The molecule has 0 heterocycles. The van der Waals surface area contributed by atoms with Crippen molar-refractivity contribution >= 4 is 46.9 Å². The summed E-state index contributed by atoms with van der Waals surface area (Å²) in [4.78, 5) is 36.1. The van der Waals surface area contributed by atoms with Crippen molar-refractivity contribution in [2.75, 3.05) is 24.4 Å². The molecule has 0 aliphatic carbocycles. The van der Waals surface area contributed by atoms with E-state index in [4.69, 9.17) is 21.1 Å². The maximum Gasteiger partial charge on any atom is 0.329 e. The molecule has 180 valence electrons. The predicted molar refractivity (Wildman–Crippen MR) is 134 cm³/mol. The molecule has 0 bridgehead atoms. The monoisotopic (exact) mass is 494 g/mol. The first kappa shape index (κ1) is 25.3. The highest BCUT2D eigenvalue weighted by Crippen LogP contribution is 2.27. The minimum atomic E-state index is -0.916. The summed E-state index contributed by atoms with van der Waals surface area (Å²) in [5.74, 6) is -1.43. The molecule has 0 aliphatic rings. The Morgan fingerprint density at radius 3 is 2.37 bits per heavy atom. The fraction of sp³-hybridized carbons (Fsp3) is 0.120. The van der Waals surface area contributed by atoms with Crippen molar-refractivity contribution in [3.05, 3.63) is 82.9 Å². The van der Waals surface area contributed by atoms with Gasteiger partial charge < -0.3 is 20.1 Å². The van der Waals surface area contributed by atoms with Crippen LogP contribution in [0.1, 0.15) is 11.1 Å². The number of nitrogens with one attached hydrogen (secondary N) is 3. The number of amides is 3. The van der Waals surface area contributed by atoms with E-state index in [1.54, 1.807) is 60.7 Å². The summed E-state index contributed by atoms with van der Waals surface area (Å²) in [6.07, 6.45) is 1.34. The van der Waals surface area contributed by atoms with E-state index < -0.39 is 11.8 Å². The second-order valence-corrected chi connectivity index (χ2v) is 7.72. The third-order valence-corrected chi connectivity index (χ3v) is 4.75. The highest BCUT2D eigenvalue weighted by Gasteiger charge is 2.13. The summed E-state index contributed by atoms with van der Waals surface area (Å²) < 4.78 is 10.9. The molecule has 0 fully saturated rings. The third kappa shape index (κ3) is 7.86. The lowest BCUT2D eigenvalue weighted by Crippen LogP contribution is -2.32. The van der Waals surface area contributed by atoms with Gasteiger partial charge in [0.15, 0.2) is 18.1 Å². The Labute approximate surface area is 207 Å². The van der Waals surface area contributed by atoms with E-state index in [9.17, 15) is 14.4 Å². The number of rotatable bonds is 8. The van der Waals surface area contributed by atoms with E-state index in [1.165, 1.54) is 13.3 Å². The summed E-state index contributed by atoms with van der Waals surface area (Å²) in [6, 6.07) is 18.7. The number of nitrogens with zero attached hydrogens (tertiary/aromatic N) is 1. The van der Waals surface area contributed by atoms with E-state index >= 15 is 0 Å². The molecule has 0 aliphatic heterocycles. The Morgan fingerprint density at radius 2 is 1.66 bits per heavy atom. The van der Waals surface area contributed by atoms with Crippen LogP contribution in [0.2, 0.25) is 5.02 Å². The molecular formula is C25H23ClN4O5. The lowest BCUT2D eigenvalue weighted by atomic mass is 10.2. The van der Waals surface area contributed by atoms with Crippen LogP contribution in [0, 0.1) is 6.92 Å². The molecule has 10 heteroatoms. The van der Waals surface area contributed by atoms with Crippen molar-refractivity contribution in [3.63, 3.8) is 0 Å². The zero-order valence-corrected chi connectivity index (χ0v) is 19.8. The van der Waals surface area contributed by atoms with Crippen molar-refractivity contribution in [1.82, 2.24) is 5.43 Å². The quantitative estimate of drug-likeness (QED) is 0.250. The first-order chi connectivity index (χ1) is 16.8. The molecule has 3 aromatic carbocycles. The van der Waals surface area contributed by atoms with Gasteiger partial charge in [0, 0.05) is 16.4 Å². The number of hydrogen-bond acceptors (Lipinski definition) is 6. The van der Waals surface area contributed by atoms with E-state index in [1.807, 2.05) is 13.0 Å². The van der Waals surface area contributed by atoms with Gasteiger partial charge in [-0.3, -0.25) is 14.4 Å². The first-order valence-corrected chi connectivity index (χ1v) is 10.8. The van der Waals surface area contributed by atoms with E-state index in [2.05, 4.69) is 21.2 Å². The lowest BCUT2D eigenvalue weighted by Gasteiger charge is -2.11. The number of benzene rings is 3. The molecule has 0 spiro atoms. The molecule has 3 aromatic rings. The van der Waals surface area contributed by atoms with Crippen LogP contribution >= 0.6 is 11.6 Å². The van der Waals surface area contributed by atoms with Gasteiger partial charge >= 0.3 is 11.8 Å². The first-order valence-electron chi connectivity index (χ1n) is 10.4. The zero-order chi connectivity index (χ0) is 25.2. The molecule has 3 amide bonds. The molecule has 0 unspecified atom stereocenters. The fourth-order valence-corrected chi connectivity index (χ4v) is 3.11. The second-order valence-electron chi connectivity index (χ2n) is 7.28. The molecule has 35 heavy (non-hydrogen) atoms. The fourth-order valence-electron chi connectivity index (χ4n) is 2.92. The van der Waals surface area contributed by atoms with Crippen LogP contribution in [-0.2, 0) is 14.4 Å². The Bertz CT molecular complexity index is 1260. The van der Waals surface area contributed by atoms with Crippen molar-refractivity contribution in [3.8, 4) is 11.5 Å². The number of halogens is 1. The Morgan fingerprint density at radius 1 is 0.914 bits per heavy atom. The largest absolute Gasteiger partial charge is 0.493 e. The minimum absolute atomic E-state index is 0.248. The van der Waals surface area contributed by atoms with E-state index in [0.29, 0.717) is 33.5 Å². The number of carbonyl (C=O) groups excluding carboxylic acids is 3. The topological polar surface area (TPSA) is 118 Å². The molecule has 0 atom stereocenters. The predicted octanol–water partition coefficient (Wildman–Crippen LogP) is 3.76. The average molecular weight is 495 g/mol. The van der Waals surface area contributed by atoms with Crippen LogP contribution in [0.15, 0.2) is 71.8 Å². The van der Waals surface area contributed by atoms with E-state index in [0.717, 1.165) is 5.56 Å². The summed E-state index contributed by atoms with van der Waals surface area (Å²) in [7, 11) is 1.45. The highest BCUT2D eigenvalue weighted by atomic mass is 35.5. The van der Waals surface area contributed by atoms with Gasteiger partial charge in [-0.15, -0.1) is 0 Å². The van der Waals surface area contributed by atoms with Crippen LogP contribution in [-0.4, -0.2) is 37.7 Å². The standard InChI is InChI=1S/C25H23ClN4O5/c1-16-5-3-7-19(11-16)29-24(32)25(33)30-27-14-17-9-10-21(22(12-17)34-2)35-15-23(31)28-20-8-4-6-18(26)13-20/h3-14H,15H2,1-2H3,(H,28,31)(H,29,32)(H,30,33)/b27-14-. The maximum atomic E-state index is 12.1. The van der Waals surface area contributed by atoms with Gasteiger partial charge in [-0.2, -0.15) is 5.10 Å². The van der Waals surface area contributed by atoms with Gasteiger partial charge in [-0.05, 0) is 66.6 Å². The van der Waals surface area contributed by atoms with Crippen LogP contribution in [0.5, 0.6) is 11.5 Å². The normalized spacial score (nSPS) is 10.5. The summed E-state index contributed by atoms with van der Waals surface area (Å²) >= 11 is 5.91. The van der Waals surface area contributed by atoms with Crippen LogP contribution in [0.25, 0.3) is 0 Å². The Hall–Kier alpha value is -4.37. The van der Waals surface area contributed by atoms with Gasteiger partial charge in [0.1, 0.15) is 0 Å². The van der Waals surface area contributed by atoms with Crippen molar-refractivity contribution in [2.45, 2.75) is 6.92 Å². The van der Waals surface area contributed by atoms with Gasteiger partial charge in [0.25, 0.3) is 5.91 Å². The molecule has 9 nitrogen and oxygen atoms in total. The van der Waals surface area contributed by atoms with Crippen molar-refractivity contribution in [2.24, 2.45) is 5.10 Å². The molecule has 0 saturated carbocycles. The number of anilines is 2. The smallest absolute Gasteiger partial charge is 0.329 e. The molecule has 0 radical (unpaired) electrons. The number of ether oxygens (including phenoxy) is 2. The van der Waals surface area contributed by atoms with E-state index in [-0.39, 0.29) is 12.5 Å². The number of carbonyl (C=O) groups is 3. The molecule has 3 N–H and O–H groups in total. The lowest BCUT2D eigenvalue weighted by molar-refractivity contribution is -0.136. The Kier molecular flexibility index (Phi) is 8.80. The van der Waals surface area contributed by atoms with Crippen molar-refractivity contribution in [1.29, 1.82) is 0 Å². The number of hydrogen-bond donors (Lipinski definition) is 3. The Balaban J connectivity index is 1.52. The summed E-state index contributed by atoms with van der Waals surface area (Å²) in [6.45, 7) is 1.63. The molecule has 0 aromatic heterocycles. The molecule has 0 saturated heterocycles. The van der Waals surface area contributed by atoms with Gasteiger partial charge in [0.05, 0.1) is 13.3 Å². The van der Waals surface area contributed by atoms with Crippen LogP contribution in [0.4, 0.5) is 11.4 Å². The maximum absolute atomic E-state index is 12.1. The molecule has 3 rings (SSSR count). The highest BCUT2D eigenvalue weighted by molar-refractivity contribution is 6.39. The van der Waals surface area contributed by atoms with Crippen LogP contribution < -0.4 is 25.5 Å². The van der Waals surface area contributed by atoms with Crippen molar-refractivity contribution < 1.29 is 23.9 Å². The summed E-state index contributed by atoms with van der Waals surface area (Å²) in [5, 5.41) is 9.49. The molecular weight excluding hydrogens is 472 g/mol. The minimum Gasteiger partial charge on any atom is -0.493 e. The van der Waals surface area contributed by atoms with Gasteiger partial charge in [-0.1, -0.05) is 29.8 Å². The summed E-state index contributed by atoms with van der Waals surface area (Å²) in [5.41, 5.74) is 4.75. The third-order valence-electron chi connectivity index (χ3n) is 4.52. The SMILES string of the molecule is COc1cc(/C=N\NC(=O)C(=O)Nc2cccc(C)c2)ccc1OCC(=O)Nc1cccc(Cl)c1. The second kappa shape index (κ2) is 12.2. The number of hydrazone groups is 1. The number of methoxy groups -OCH3 is 1. The average Bonchev–Trinajstić information content (AvgIpc) is 2.83. The number of aryl methyl sites for hydroxylation is 1.